The van der Waals surface area contributed by atoms with Crippen LogP contribution in [-0.2, 0) is 26.4 Å². The third-order valence-corrected chi connectivity index (χ3v) is 6.61. The molecule has 4 nitrogen and oxygen atoms in total. The van der Waals surface area contributed by atoms with Crippen LogP contribution in [0.2, 0.25) is 0 Å². The number of benzene rings is 3. The second-order valence-corrected chi connectivity index (χ2v) is 8.99. The first-order valence-corrected chi connectivity index (χ1v) is 11.6. The van der Waals surface area contributed by atoms with Gasteiger partial charge in [0.25, 0.3) is 0 Å². The van der Waals surface area contributed by atoms with E-state index in [1.807, 2.05) is 37.3 Å². The Kier molecular flexibility index (Phi) is 8.70. The molecule has 3 aromatic carbocycles. The standard InChI is InChI=1S/C18H19FO2.C8H10O2S/c1-21-18-16-7-6-14(19)11-13(16)10-12(8-9-20)15-4-2-3-5-17(15)18;1-7-3-5-8(6-4-7)11(9)10-2/h2-7,11-12,18,20H,8-10H2,1H3;3-6H,1-2H3. The summed E-state index contributed by atoms with van der Waals surface area (Å²) in [7, 11) is 3.11. The van der Waals surface area contributed by atoms with Crippen molar-refractivity contribution in [2.45, 2.75) is 36.7 Å². The summed E-state index contributed by atoms with van der Waals surface area (Å²) in [5.41, 5.74) is 5.45. The highest BCUT2D eigenvalue weighted by Gasteiger charge is 2.28. The molecule has 0 aliphatic heterocycles. The fourth-order valence-electron chi connectivity index (χ4n) is 4.08. The van der Waals surface area contributed by atoms with Crippen molar-refractivity contribution in [3.05, 3.63) is 100 Å². The van der Waals surface area contributed by atoms with Crippen molar-refractivity contribution in [3.63, 3.8) is 0 Å². The summed E-state index contributed by atoms with van der Waals surface area (Å²) < 4.78 is 35.0. The van der Waals surface area contributed by atoms with Gasteiger partial charge in [-0.1, -0.05) is 48.0 Å². The molecule has 0 amide bonds. The largest absolute Gasteiger partial charge is 0.396 e. The minimum Gasteiger partial charge on any atom is -0.396 e. The molecule has 0 spiro atoms. The number of methoxy groups -OCH3 is 1. The van der Waals surface area contributed by atoms with Crippen LogP contribution >= 0.6 is 0 Å². The van der Waals surface area contributed by atoms with Gasteiger partial charge in [0.05, 0.1) is 12.0 Å². The fourth-order valence-corrected chi connectivity index (χ4v) is 4.63. The molecule has 0 bridgehead atoms. The minimum absolute atomic E-state index is 0.126. The van der Waals surface area contributed by atoms with Gasteiger partial charge in [-0.15, -0.1) is 0 Å². The van der Waals surface area contributed by atoms with E-state index >= 15 is 0 Å². The van der Waals surface area contributed by atoms with E-state index in [-0.39, 0.29) is 24.4 Å². The monoisotopic (exact) mass is 456 g/mol. The van der Waals surface area contributed by atoms with Crippen LogP contribution in [0.25, 0.3) is 0 Å². The summed E-state index contributed by atoms with van der Waals surface area (Å²) in [6.45, 7) is 2.11. The van der Waals surface area contributed by atoms with Gasteiger partial charge in [-0.3, -0.25) is 4.18 Å². The first-order valence-electron chi connectivity index (χ1n) is 10.5. The van der Waals surface area contributed by atoms with Crippen molar-refractivity contribution < 1.29 is 22.6 Å². The predicted molar refractivity (Wildman–Crippen MR) is 124 cm³/mol. The highest BCUT2D eigenvalue weighted by Crippen LogP contribution is 2.40. The van der Waals surface area contributed by atoms with Crippen LogP contribution in [0.1, 0.15) is 46.3 Å². The third kappa shape index (κ3) is 5.70. The Bertz CT molecular complexity index is 1050. The van der Waals surface area contributed by atoms with Crippen LogP contribution in [0.4, 0.5) is 4.39 Å². The average Bonchev–Trinajstić information content (AvgIpc) is 2.93. The van der Waals surface area contributed by atoms with Gasteiger partial charge in [-0.05, 0) is 72.2 Å². The van der Waals surface area contributed by atoms with E-state index in [1.54, 1.807) is 25.3 Å². The predicted octanol–water partition coefficient (Wildman–Crippen LogP) is 5.25. The number of rotatable bonds is 5. The molecule has 1 aliphatic carbocycles. The zero-order valence-electron chi connectivity index (χ0n) is 18.6. The number of hydrogen-bond donors (Lipinski definition) is 1. The van der Waals surface area contributed by atoms with Crippen molar-refractivity contribution in [3.8, 4) is 0 Å². The summed E-state index contributed by atoms with van der Waals surface area (Å²) in [6, 6.07) is 20.5. The van der Waals surface area contributed by atoms with Crippen molar-refractivity contribution in [2.75, 3.05) is 20.8 Å². The molecule has 3 unspecified atom stereocenters. The van der Waals surface area contributed by atoms with Crippen molar-refractivity contribution in [1.29, 1.82) is 0 Å². The number of aliphatic hydroxyl groups is 1. The summed E-state index contributed by atoms with van der Waals surface area (Å²) in [5.74, 6) is -0.0378. The van der Waals surface area contributed by atoms with Gasteiger partial charge in [-0.2, -0.15) is 0 Å². The summed E-state index contributed by atoms with van der Waals surface area (Å²) in [4.78, 5) is 0.707. The number of hydrogen-bond acceptors (Lipinski definition) is 4. The zero-order chi connectivity index (χ0) is 23.1. The Labute approximate surface area is 191 Å². The highest BCUT2D eigenvalue weighted by atomic mass is 32.2. The number of fused-ring (bicyclic) bond motifs is 2. The first-order chi connectivity index (χ1) is 15.5. The molecule has 0 heterocycles. The van der Waals surface area contributed by atoms with E-state index in [4.69, 9.17) is 4.74 Å². The average molecular weight is 457 g/mol. The molecule has 170 valence electrons. The minimum atomic E-state index is -1.30. The van der Waals surface area contributed by atoms with Gasteiger partial charge < -0.3 is 9.84 Å². The Hall–Kier alpha value is -2.38. The summed E-state index contributed by atoms with van der Waals surface area (Å²) in [5, 5.41) is 9.36. The maximum Gasteiger partial charge on any atom is 0.188 e. The Morgan fingerprint density at radius 1 is 1.00 bits per heavy atom. The molecule has 0 radical (unpaired) electrons. The normalized spacial score (nSPS) is 17.9. The van der Waals surface area contributed by atoms with E-state index in [2.05, 4.69) is 16.3 Å². The van der Waals surface area contributed by atoms with Gasteiger partial charge >= 0.3 is 0 Å². The molecular formula is C26H29FO4S. The lowest BCUT2D eigenvalue weighted by Crippen LogP contribution is -2.07. The number of aryl methyl sites for hydroxylation is 1. The molecule has 6 heteroatoms. The van der Waals surface area contributed by atoms with Gasteiger partial charge in [0.15, 0.2) is 11.1 Å². The Balaban J connectivity index is 0.000000222. The lowest BCUT2D eigenvalue weighted by atomic mass is 9.89. The van der Waals surface area contributed by atoms with Crippen LogP contribution in [0, 0.1) is 12.7 Å². The van der Waals surface area contributed by atoms with Crippen LogP contribution in [0.3, 0.4) is 0 Å². The topological polar surface area (TPSA) is 55.8 Å². The lowest BCUT2D eigenvalue weighted by Gasteiger charge is -2.20. The van der Waals surface area contributed by atoms with Crippen LogP contribution in [-0.4, -0.2) is 30.1 Å². The number of aliphatic hydroxyl groups excluding tert-OH is 1. The molecule has 4 rings (SSSR count). The third-order valence-electron chi connectivity index (χ3n) is 5.65. The summed E-state index contributed by atoms with van der Waals surface area (Å²) in [6.07, 6.45) is 1.22. The Morgan fingerprint density at radius 2 is 1.69 bits per heavy atom. The molecule has 0 aromatic heterocycles. The van der Waals surface area contributed by atoms with Gasteiger partial charge in [0.1, 0.15) is 11.9 Å². The van der Waals surface area contributed by atoms with E-state index in [0.29, 0.717) is 11.3 Å². The molecule has 3 aromatic rings. The molecule has 0 fully saturated rings. The molecule has 0 saturated carbocycles. The smallest absolute Gasteiger partial charge is 0.188 e. The van der Waals surface area contributed by atoms with Crippen LogP contribution in [0.5, 0.6) is 0 Å². The van der Waals surface area contributed by atoms with Crippen molar-refractivity contribution >= 4 is 11.1 Å². The van der Waals surface area contributed by atoms with Gasteiger partial charge in [0.2, 0.25) is 0 Å². The quantitative estimate of drug-likeness (QED) is 0.570. The number of halogens is 1. The molecule has 32 heavy (non-hydrogen) atoms. The maximum atomic E-state index is 13.6. The van der Waals surface area contributed by atoms with Gasteiger partial charge in [0, 0.05) is 13.7 Å². The second kappa shape index (κ2) is 11.5. The molecule has 0 saturated heterocycles. The van der Waals surface area contributed by atoms with Crippen LogP contribution < -0.4 is 0 Å². The van der Waals surface area contributed by atoms with E-state index in [0.717, 1.165) is 28.7 Å². The molecule has 1 N–H and O–H groups in total. The number of ether oxygens (including phenoxy) is 1. The second-order valence-electron chi connectivity index (χ2n) is 7.72. The van der Waals surface area contributed by atoms with Crippen LogP contribution in [0.15, 0.2) is 71.6 Å². The maximum absolute atomic E-state index is 13.6. The zero-order valence-corrected chi connectivity index (χ0v) is 19.4. The van der Waals surface area contributed by atoms with Crippen molar-refractivity contribution in [1.82, 2.24) is 0 Å². The first kappa shape index (κ1) is 24.3. The summed E-state index contributed by atoms with van der Waals surface area (Å²) >= 11 is -1.30. The molecular weight excluding hydrogens is 427 g/mol. The molecule has 1 aliphatic rings. The molecule has 3 atom stereocenters. The fraction of sp³-hybridized carbons (Fsp3) is 0.308. The van der Waals surface area contributed by atoms with Gasteiger partial charge in [-0.25, -0.2) is 8.60 Å². The van der Waals surface area contributed by atoms with E-state index < -0.39 is 11.1 Å². The van der Waals surface area contributed by atoms with E-state index in [1.165, 1.54) is 18.7 Å². The Morgan fingerprint density at radius 3 is 2.31 bits per heavy atom. The highest BCUT2D eigenvalue weighted by molar-refractivity contribution is 7.80. The van der Waals surface area contributed by atoms with Crippen molar-refractivity contribution in [2.24, 2.45) is 0 Å². The van der Waals surface area contributed by atoms with E-state index in [9.17, 15) is 13.7 Å². The lowest BCUT2D eigenvalue weighted by molar-refractivity contribution is 0.135. The SMILES string of the molecule is COC1c2ccc(F)cc2CC(CCO)c2ccccc21.COS(=O)c1ccc(C)cc1.